The van der Waals surface area contributed by atoms with Crippen LogP contribution in [0.4, 0.5) is 5.69 Å². The first-order chi connectivity index (χ1) is 23.8. The Morgan fingerprint density at radius 2 is 0.833 bits per heavy atom. The zero-order valence-corrected chi connectivity index (χ0v) is 26.2. The van der Waals surface area contributed by atoms with Gasteiger partial charge in [-0.25, -0.2) is 0 Å². The molecule has 0 spiro atoms. The molecule has 3 heterocycles. The Labute approximate surface area is 278 Å². The van der Waals surface area contributed by atoms with Crippen LogP contribution in [0.2, 0.25) is 0 Å². The van der Waals surface area contributed by atoms with E-state index in [-0.39, 0.29) is 6.04 Å². The van der Waals surface area contributed by atoms with Crippen molar-refractivity contribution in [1.82, 2.24) is 9.13 Å². The lowest BCUT2D eigenvalue weighted by Crippen LogP contribution is -2.34. The molecule has 0 saturated carbocycles. The average Bonchev–Trinajstić information content (AvgIpc) is 3.64. The maximum absolute atomic E-state index is 2.46. The van der Waals surface area contributed by atoms with Crippen molar-refractivity contribution >= 4 is 55.0 Å². The van der Waals surface area contributed by atoms with Crippen LogP contribution in [0, 0.1) is 0 Å². The van der Waals surface area contributed by atoms with Crippen LogP contribution in [0.15, 0.2) is 182 Å². The number of nitrogens with zero attached hydrogens (tertiary/aromatic N) is 3. The number of benzene rings is 7. The Hall–Kier alpha value is -6.32. The van der Waals surface area contributed by atoms with Crippen molar-refractivity contribution in [2.24, 2.45) is 0 Å². The van der Waals surface area contributed by atoms with E-state index in [4.69, 9.17) is 0 Å². The van der Waals surface area contributed by atoms with Crippen molar-refractivity contribution in [2.45, 2.75) is 6.04 Å². The highest BCUT2D eigenvalue weighted by Crippen LogP contribution is 2.45. The molecular weight excluding hydrogens is 583 g/mol. The molecule has 48 heavy (non-hydrogen) atoms. The van der Waals surface area contributed by atoms with Gasteiger partial charge in [-0.05, 0) is 77.9 Å². The van der Waals surface area contributed by atoms with Crippen LogP contribution in [-0.4, -0.2) is 9.13 Å². The molecule has 0 fully saturated rings. The minimum absolute atomic E-state index is 0.189. The molecule has 10 rings (SSSR count). The second-order valence-corrected chi connectivity index (χ2v) is 12.6. The van der Waals surface area contributed by atoms with Crippen LogP contribution in [0.5, 0.6) is 0 Å². The molecule has 2 aromatic heterocycles. The molecule has 0 saturated heterocycles. The summed E-state index contributed by atoms with van der Waals surface area (Å²) in [5.74, 6) is 0. The first-order valence-corrected chi connectivity index (χ1v) is 16.6. The van der Waals surface area contributed by atoms with E-state index in [1.54, 1.807) is 0 Å². The van der Waals surface area contributed by atoms with Gasteiger partial charge in [-0.1, -0.05) is 115 Å². The smallest absolute Gasteiger partial charge is 0.0798 e. The van der Waals surface area contributed by atoms with Gasteiger partial charge < -0.3 is 14.0 Å². The number of hydrogen-bond donors (Lipinski definition) is 0. The summed E-state index contributed by atoms with van der Waals surface area (Å²) in [4.78, 5) is 2.46. The first-order valence-electron chi connectivity index (χ1n) is 16.6. The van der Waals surface area contributed by atoms with Gasteiger partial charge in [0.05, 0.1) is 28.1 Å². The molecule has 3 nitrogen and oxygen atoms in total. The van der Waals surface area contributed by atoms with Gasteiger partial charge in [0.15, 0.2) is 0 Å². The molecule has 9 aromatic rings. The fourth-order valence-corrected chi connectivity index (χ4v) is 7.74. The number of anilines is 1. The van der Waals surface area contributed by atoms with E-state index in [9.17, 15) is 0 Å². The Morgan fingerprint density at radius 3 is 1.44 bits per heavy atom. The molecule has 3 heteroatoms. The third-order valence-corrected chi connectivity index (χ3v) is 9.93. The van der Waals surface area contributed by atoms with Crippen molar-refractivity contribution in [3.63, 3.8) is 0 Å². The normalized spacial score (nSPS) is 14.5. The summed E-state index contributed by atoms with van der Waals surface area (Å²) in [5.41, 5.74) is 12.1. The average molecular weight is 614 g/mol. The number of aromatic nitrogens is 2. The van der Waals surface area contributed by atoms with Crippen LogP contribution < -0.4 is 4.90 Å². The molecule has 1 aliphatic rings. The van der Waals surface area contributed by atoms with Gasteiger partial charge in [0.25, 0.3) is 0 Å². The maximum atomic E-state index is 2.46. The minimum atomic E-state index is 0.189. The highest BCUT2D eigenvalue weighted by atomic mass is 15.2. The summed E-state index contributed by atoms with van der Waals surface area (Å²) in [6.07, 6.45) is 2.38. The van der Waals surface area contributed by atoms with Crippen LogP contribution >= 0.6 is 0 Å². The molecule has 1 unspecified atom stereocenters. The molecule has 0 bridgehead atoms. The SMILES string of the molecule is C1=C(c2ccccc2)N(c2ccc(-n3c4ccccc4c4cc5c6ccccc6n(-c6ccccc6)c5cc43)cc2)C1c1ccccc1. The molecular formula is C45H31N3. The molecule has 0 radical (unpaired) electrons. The predicted octanol–water partition coefficient (Wildman–Crippen LogP) is 11.5. The van der Waals surface area contributed by atoms with Crippen molar-refractivity contribution in [1.29, 1.82) is 0 Å². The van der Waals surface area contributed by atoms with Gasteiger partial charge in [0.1, 0.15) is 0 Å². The summed E-state index contributed by atoms with van der Waals surface area (Å²) < 4.78 is 4.83. The Kier molecular flexibility index (Phi) is 5.94. The van der Waals surface area contributed by atoms with E-state index in [1.807, 2.05) is 0 Å². The highest BCUT2D eigenvalue weighted by Gasteiger charge is 2.32. The molecule has 226 valence electrons. The van der Waals surface area contributed by atoms with Crippen LogP contribution in [0.25, 0.3) is 60.7 Å². The molecule has 0 aliphatic carbocycles. The fourth-order valence-electron chi connectivity index (χ4n) is 7.74. The van der Waals surface area contributed by atoms with Crippen molar-refractivity contribution in [3.05, 3.63) is 193 Å². The number of rotatable bonds is 5. The van der Waals surface area contributed by atoms with Gasteiger partial charge in [-0.3, -0.25) is 0 Å². The summed E-state index contributed by atoms with van der Waals surface area (Å²) >= 11 is 0. The van der Waals surface area contributed by atoms with E-state index in [1.165, 1.54) is 71.8 Å². The number of para-hydroxylation sites is 3. The second kappa shape index (κ2) is 10.6. The highest BCUT2D eigenvalue weighted by molar-refractivity contribution is 6.19. The topological polar surface area (TPSA) is 13.1 Å². The minimum Gasteiger partial charge on any atom is -0.330 e. The largest absolute Gasteiger partial charge is 0.330 e. The molecule has 0 N–H and O–H groups in total. The summed E-state index contributed by atoms with van der Waals surface area (Å²) in [6, 6.07) is 63.8. The number of fused-ring (bicyclic) bond motifs is 6. The van der Waals surface area contributed by atoms with Gasteiger partial charge in [-0.15, -0.1) is 0 Å². The van der Waals surface area contributed by atoms with E-state index in [2.05, 4.69) is 196 Å². The van der Waals surface area contributed by atoms with E-state index in [0.717, 1.165) is 5.69 Å². The first kappa shape index (κ1) is 26.9. The Morgan fingerprint density at radius 1 is 0.354 bits per heavy atom. The summed E-state index contributed by atoms with van der Waals surface area (Å²) in [5, 5.41) is 5.06. The number of hydrogen-bond acceptors (Lipinski definition) is 1. The lowest BCUT2D eigenvalue weighted by molar-refractivity contribution is 0.799. The predicted molar refractivity (Wildman–Crippen MR) is 201 cm³/mol. The third-order valence-electron chi connectivity index (χ3n) is 9.93. The summed E-state index contributed by atoms with van der Waals surface area (Å²) in [7, 11) is 0. The zero-order chi connectivity index (χ0) is 31.6. The maximum Gasteiger partial charge on any atom is 0.0798 e. The van der Waals surface area contributed by atoms with Crippen LogP contribution in [-0.2, 0) is 0 Å². The summed E-state index contributed by atoms with van der Waals surface area (Å²) in [6.45, 7) is 0. The van der Waals surface area contributed by atoms with Crippen molar-refractivity contribution in [3.8, 4) is 11.4 Å². The van der Waals surface area contributed by atoms with Gasteiger partial charge >= 0.3 is 0 Å². The van der Waals surface area contributed by atoms with E-state index < -0.39 is 0 Å². The monoisotopic (exact) mass is 613 g/mol. The standard InChI is InChI=1S/C45H31N3/c1-4-14-31(15-5-1)42-29-43(32-16-6-2-7-17-32)48(42)35-26-24-34(25-27-35)47-41-23-13-11-21-37(41)39-28-38-36-20-10-12-22-40(36)46(44(38)30-45(39)47)33-18-8-3-9-19-33/h1-30,42H. The molecule has 1 atom stereocenters. The molecule has 7 aromatic carbocycles. The van der Waals surface area contributed by atoms with Crippen LogP contribution in [0.3, 0.4) is 0 Å². The van der Waals surface area contributed by atoms with Crippen molar-refractivity contribution in [2.75, 3.05) is 4.90 Å². The lowest BCUT2D eigenvalue weighted by Gasteiger charge is -2.42. The fraction of sp³-hybridized carbons (Fsp3) is 0.0222. The third kappa shape index (κ3) is 4.01. The molecule has 0 amide bonds. The van der Waals surface area contributed by atoms with E-state index in [0.29, 0.717) is 0 Å². The second-order valence-electron chi connectivity index (χ2n) is 12.6. The zero-order valence-electron chi connectivity index (χ0n) is 26.2. The Balaban J connectivity index is 1.16. The van der Waals surface area contributed by atoms with Gasteiger partial charge in [0.2, 0.25) is 0 Å². The molecule has 1 aliphatic heterocycles. The lowest BCUT2D eigenvalue weighted by atomic mass is 9.92. The quantitative estimate of drug-likeness (QED) is 0.188. The van der Waals surface area contributed by atoms with Gasteiger partial charge in [-0.2, -0.15) is 0 Å². The van der Waals surface area contributed by atoms with Crippen LogP contribution in [0.1, 0.15) is 17.2 Å². The van der Waals surface area contributed by atoms with E-state index >= 15 is 0 Å². The van der Waals surface area contributed by atoms with Gasteiger partial charge in [0, 0.05) is 44.3 Å². The Bertz CT molecular complexity index is 2650. The van der Waals surface area contributed by atoms with Crippen molar-refractivity contribution < 1.29 is 0 Å².